The van der Waals surface area contributed by atoms with Crippen molar-refractivity contribution < 1.29 is 28.8 Å². The third kappa shape index (κ3) is 4.15. The van der Waals surface area contributed by atoms with E-state index in [0.717, 1.165) is 5.56 Å². The van der Waals surface area contributed by atoms with Crippen LogP contribution in [0.4, 0.5) is 0 Å². The van der Waals surface area contributed by atoms with Crippen molar-refractivity contribution in [2.45, 2.75) is 12.3 Å². The van der Waals surface area contributed by atoms with Crippen molar-refractivity contribution in [3.05, 3.63) is 47.5 Å². The summed E-state index contributed by atoms with van der Waals surface area (Å²) in [6.45, 7) is 0. The molecule has 0 aliphatic rings. The number of hydrogen-bond donors (Lipinski definition) is 0. The molecule has 1 atom stereocenters. The fraction of sp³-hybridized carbons (Fsp3) is 0.316. The maximum Gasteiger partial charge on any atom is 0.161 e. The number of carbonyl (C=O) groups excluding carboxylic acids is 1. The van der Waals surface area contributed by atoms with Gasteiger partial charge in [0.2, 0.25) is 0 Å². The summed E-state index contributed by atoms with van der Waals surface area (Å²) < 4.78 is 20.9. The largest absolute Gasteiger partial charge is 0.549 e. The first kappa shape index (κ1) is 18.4. The third-order valence-electron chi connectivity index (χ3n) is 3.98. The summed E-state index contributed by atoms with van der Waals surface area (Å²) in [6, 6.07) is 10.3. The predicted molar refractivity (Wildman–Crippen MR) is 90.5 cm³/mol. The van der Waals surface area contributed by atoms with Crippen molar-refractivity contribution in [3.63, 3.8) is 0 Å². The maximum absolute atomic E-state index is 11.7. The Hall–Kier alpha value is -2.89. The molecule has 0 spiro atoms. The lowest BCUT2D eigenvalue weighted by atomic mass is 9.91. The normalized spacial score (nSPS) is 11.5. The second-order valence-corrected chi connectivity index (χ2v) is 5.38. The van der Waals surface area contributed by atoms with Crippen molar-refractivity contribution in [1.29, 1.82) is 0 Å². The molecule has 6 heteroatoms. The van der Waals surface area contributed by atoms with Gasteiger partial charge < -0.3 is 28.8 Å². The number of benzene rings is 2. The van der Waals surface area contributed by atoms with Crippen LogP contribution in [0.5, 0.6) is 23.0 Å². The summed E-state index contributed by atoms with van der Waals surface area (Å²) in [7, 11) is 6.11. The predicted octanol–water partition coefficient (Wildman–Crippen LogP) is 1.80. The van der Waals surface area contributed by atoms with Gasteiger partial charge in [-0.1, -0.05) is 12.1 Å². The van der Waals surface area contributed by atoms with E-state index in [4.69, 9.17) is 18.9 Å². The first-order valence-corrected chi connectivity index (χ1v) is 7.67. The quantitative estimate of drug-likeness (QED) is 0.726. The lowest BCUT2D eigenvalue weighted by molar-refractivity contribution is -0.308. The molecule has 0 saturated carbocycles. The highest BCUT2D eigenvalue weighted by Gasteiger charge is 2.17. The molecule has 6 nitrogen and oxygen atoms in total. The standard InChI is InChI=1S/C19H22O6/c1-22-15-7-5-12(10-17(15)24-3)9-14(19(20)21)13-6-8-16(23-2)18(11-13)25-4/h5-8,10-11,14H,9H2,1-4H3,(H,20,21)/p-1/t14-/m0/s1. The highest BCUT2D eigenvalue weighted by molar-refractivity contribution is 5.75. The second kappa shape index (κ2) is 8.28. The summed E-state index contributed by atoms with van der Waals surface area (Å²) in [5.74, 6) is 0.139. The molecule has 0 amide bonds. The van der Waals surface area contributed by atoms with Crippen LogP contribution in [0.1, 0.15) is 17.0 Å². The molecule has 0 radical (unpaired) electrons. The van der Waals surface area contributed by atoms with Crippen LogP contribution in [0.3, 0.4) is 0 Å². The summed E-state index contributed by atoms with van der Waals surface area (Å²) in [5.41, 5.74) is 1.37. The van der Waals surface area contributed by atoms with Crippen LogP contribution in [0.2, 0.25) is 0 Å². The average Bonchev–Trinajstić information content (AvgIpc) is 2.64. The number of carboxylic acid groups (broad SMARTS) is 1. The van der Waals surface area contributed by atoms with E-state index < -0.39 is 11.9 Å². The molecule has 0 aromatic heterocycles. The number of aliphatic carboxylic acids is 1. The SMILES string of the molecule is COc1ccc(C[C@H](C(=O)[O-])c2ccc(OC)c(OC)c2)cc1OC. The Morgan fingerprint density at radius 1 is 0.840 bits per heavy atom. The minimum atomic E-state index is -1.16. The monoisotopic (exact) mass is 345 g/mol. The van der Waals surface area contributed by atoms with Gasteiger partial charge in [-0.05, 0) is 41.8 Å². The van der Waals surface area contributed by atoms with E-state index >= 15 is 0 Å². The van der Waals surface area contributed by atoms with Gasteiger partial charge in [0.15, 0.2) is 23.0 Å². The third-order valence-corrected chi connectivity index (χ3v) is 3.98. The van der Waals surface area contributed by atoms with Gasteiger partial charge in [0.25, 0.3) is 0 Å². The molecule has 0 aliphatic carbocycles. The highest BCUT2D eigenvalue weighted by atomic mass is 16.5. The number of hydrogen-bond acceptors (Lipinski definition) is 6. The van der Waals surface area contributed by atoms with E-state index in [2.05, 4.69) is 0 Å². The Balaban J connectivity index is 2.35. The molecule has 0 saturated heterocycles. The zero-order valence-electron chi connectivity index (χ0n) is 14.7. The van der Waals surface area contributed by atoms with Crippen LogP contribution in [-0.2, 0) is 11.2 Å². The zero-order valence-corrected chi connectivity index (χ0v) is 14.7. The molecule has 2 rings (SSSR count). The summed E-state index contributed by atoms with van der Waals surface area (Å²) in [4.78, 5) is 11.7. The van der Waals surface area contributed by atoms with Crippen molar-refractivity contribution in [2.24, 2.45) is 0 Å². The van der Waals surface area contributed by atoms with E-state index in [1.165, 1.54) is 21.3 Å². The van der Waals surface area contributed by atoms with Gasteiger partial charge in [0, 0.05) is 11.9 Å². The Labute approximate surface area is 146 Å². The molecule has 134 valence electrons. The molecule has 0 unspecified atom stereocenters. The molecule has 2 aromatic carbocycles. The maximum atomic E-state index is 11.7. The number of methoxy groups -OCH3 is 4. The Morgan fingerprint density at radius 2 is 1.36 bits per heavy atom. The molecular weight excluding hydrogens is 324 g/mol. The van der Waals surface area contributed by atoms with E-state index in [1.54, 1.807) is 43.5 Å². The van der Waals surface area contributed by atoms with E-state index in [0.29, 0.717) is 28.6 Å². The molecule has 25 heavy (non-hydrogen) atoms. The van der Waals surface area contributed by atoms with Gasteiger partial charge in [0.1, 0.15) is 0 Å². The molecule has 0 bridgehead atoms. The Kier molecular flexibility index (Phi) is 6.11. The van der Waals surface area contributed by atoms with E-state index in [1.807, 2.05) is 0 Å². The second-order valence-electron chi connectivity index (χ2n) is 5.38. The van der Waals surface area contributed by atoms with Crippen molar-refractivity contribution in [3.8, 4) is 23.0 Å². The lowest BCUT2D eigenvalue weighted by Crippen LogP contribution is -2.31. The Morgan fingerprint density at radius 3 is 1.88 bits per heavy atom. The van der Waals surface area contributed by atoms with Gasteiger partial charge in [-0.15, -0.1) is 0 Å². The van der Waals surface area contributed by atoms with E-state index in [-0.39, 0.29) is 6.42 Å². The van der Waals surface area contributed by atoms with Crippen molar-refractivity contribution in [2.75, 3.05) is 28.4 Å². The zero-order chi connectivity index (χ0) is 18.4. The first-order chi connectivity index (χ1) is 12.0. The number of ether oxygens (including phenoxy) is 4. The minimum Gasteiger partial charge on any atom is -0.549 e. The van der Waals surface area contributed by atoms with Crippen LogP contribution < -0.4 is 24.1 Å². The molecule has 0 heterocycles. The number of carboxylic acids is 1. The highest BCUT2D eigenvalue weighted by Crippen LogP contribution is 2.33. The molecule has 0 N–H and O–H groups in total. The van der Waals surface area contributed by atoms with Gasteiger partial charge in [-0.25, -0.2) is 0 Å². The van der Waals surface area contributed by atoms with Gasteiger partial charge in [-0.2, -0.15) is 0 Å². The lowest BCUT2D eigenvalue weighted by Gasteiger charge is -2.20. The topological polar surface area (TPSA) is 77.1 Å². The number of rotatable bonds is 8. The Bertz CT molecular complexity index is 741. The summed E-state index contributed by atoms with van der Waals surface area (Å²) >= 11 is 0. The van der Waals surface area contributed by atoms with Crippen LogP contribution in [0.25, 0.3) is 0 Å². The van der Waals surface area contributed by atoms with Gasteiger partial charge >= 0.3 is 0 Å². The minimum absolute atomic E-state index is 0.248. The van der Waals surface area contributed by atoms with Crippen molar-refractivity contribution in [1.82, 2.24) is 0 Å². The number of carbonyl (C=O) groups is 1. The summed E-state index contributed by atoms with van der Waals surface area (Å²) in [5, 5.41) is 11.7. The van der Waals surface area contributed by atoms with Crippen LogP contribution >= 0.6 is 0 Å². The van der Waals surface area contributed by atoms with Gasteiger partial charge in [0.05, 0.1) is 28.4 Å². The average molecular weight is 345 g/mol. The van der Waals surface area contributed by atoms with Crippen LogP contribution in [0.15, 0.2) is 36.4 Å². The molecule has 2 aromatic rings. The van der Waals surface area contributed by atoms with Crippen LogP contribution in [0, 0.1) is 0 Å². The van der Waals surface area contributed by atoms with Gasteiger partial charge in [-0.3, -0.25) is 0 Å². The fourth-order valence-corrected chi connectivity index (χ4v) is 2.65. The first-order valence-electron chi connectivity index (χ1n) is 7.67. The smallest absolute Gasteiger partial charge is 0.161 e. The van der Waals surface area contributed by atoms with E-state index in [9.17, 15) is 9.90 Å². The fourth-order valence-electron chi connectivity index (χ4n) is 2.65. The molecule has 0 aliphatic heterocycles. The summed E-state index contributed by atoms with van der Waals surface area (Å²) in [6.07, 6.45) is 0.248. The van der Waals surface area contributed by atoms with Crippen LogP contribution in [-0.4, -0.2) is 34.4 Å². The molecular formula is C19H21O6-. The van der Waals surface area contributed by atoms with Crippen molar-refractivity contribution >= 4 is 5.97 Å². The molecule has 0 fully saturated rings.